The number of aromatic nitrogens is 2. The number of hydrogen-bond acceptors (Lipinski definition) is 3. The van der Waals surface area contributed by atoms with Crippen LogP contribution in [0.25, 0.3) is 0 Å². The summed E-state index contributed by atoms with van der Waals surface area (Å²) in [5.74, 6) is 0.948. The lowest BCUT2D eigenvalue weighted by atomic mass is 10.2. The second-order valence-corrected chi connectivity index (χ2v) is 6.39. The van der Waals surface area contributed by atoms with Gasteiger partial charge in [-0.1, -0.05) is 6.92 Å². The number of aliphatic hydroxyl groups excluding tert-OH is 1. The highest BCUT2D eigenvalue weighted by molar-refractivity contribution is 9.11. The highest BCUT2D eigenvalue weighted by Crippen LogP contribution is 2.28. The van der Waals surface area contributed by atoms with Crippen LogP contribution >= 0.6 is 27.3 Å². The highest BCUT2D eigenvalue weighted by atomic mass is 79.9. The van der Waals surface area contributed by atoms with E-state index in [1.165, 1.54) is 0 Å². The van der Waals surface area contributed by atoms with Crippen LogP contribution in [0, 0.1) is 0 Å². The van der Waals surface area contributed by atoms with Gasteiger partial charge < -0.3 is 9.67 Å². The molecule has 0 aliphatic rings. The molecule has 0 bridgehead atoms. The lowest BCUT2D eigenvalue weighted by Crippen LogP contribution is -2.08. The van der Waals surface area contributed by atoms with Gasteiger partial charge in [0.2, 0.25) is 0 Å². The van der Waals surface area contributed by atoms with Crippen molar-refractivity contribution in [3.05, 3.63) is 39.0 Å². The first-order valence-electron chi connectivity index (χ1n) is 5.64. The molecule has 1 unspecified atom stereocenters. The van der Waals surface area contributed by atoms with Crippen LogP contribution in [0.1, 0.15) is 30.2 Å². The Labute approximate surface area is 113 Å². The topological polar surface area (TPSA) is 38.0 Å². The van der Waals surface area contributed by atoms with E-state index in [0.717, 1.165) is 27.5 Å². The van der Waals surface area contributed by atoms with E-state index < -0.39 is 6.10 Å². The Morgan fingerprint density at radius 2 is 2.35 bits per heavy atom. The lowest BCUT2D eigenvalue weighted by Gasteiger charge is -2.10. The van der Waals surface area contributed by atoms with Crippen molar-refractivity contribution in [1.29, 1.82) is 0 Å². The standard InChI is InChI=1S/C12H15BrN2OS/c1-2-6-15-7-5-14-12(15)8-9(16)10-3-4-11(13)17-10/h3-5,7,9,16H,2,6,8H2,1H3. The van der Waals surface area contributed by atoms with Crippen LogP contribution in [-0.2, 0) is 13.0 Å². The van der Waals surface area contributed by atoms with Gasteiger partial charge in [-0.25, -0.2) is 4.98 Å². The van der Waals surface area contributed by atoms with Crippen LogP contribution in [0.15, 0.2) is 28.3 Å². The molecule has 17 heavy (non-hydrogen) atoms. The molecular formula is C12H15BrN2OS. The summed E-state index contributed by atoms with van der Waals surface area (Å²) in [6, 6.07) is 3.91. The average Bonchev–Trinajstić information content (AvgIpc) is 2.89. The smallest absolute Gasteiger partial charge is 0.111 e. The van der Waals surface area contributed by atoms with E-state index in [1.807, 2.05) is 18.3 Å². The van der Waals surface area contributed by atoms with Crippen molar-refractivity contribution in [2.45, 2.75) is 32.4 Å². The number of aryl methyl sites for hydroxylation is 1. The van der Waals surface area contributed by atoms with E-state index >= 15 is 0 Å². The summed E-state index contributed by atoms with van der Waals surface area (Å²) in [5.41, 5.74) is 0. The Balaban J connectivity index is 2.07. The minimum Gasteiger partial charge on any atom is -0.387 e. The highest BCUT2D eigenvalue weighted by Gasteiger charge is 2.14. The van der Waals surface area contributed by atoms with Gasteiger partial charge in [-0.3, -0.25) is 0 Å². The summed E-state index contributed by atoms with van der Waals surface area (Å²) in [6.45, 7) is 3.09. The van der Waals surface area contributed by atoms with E-state index in [0.29, 0.717) is 6.42 Å². The number of thiophene rings is 1. The SMILES string of the molecule is CCCn1ccnc1CC(O)c1ccc(Br)s1. The number of hydrogen-bond donors (Lipinski definition) is 1. The van der Waals surface area contributed by atoms with Crippen LogP contribution in [0.3, 0.4) is 0 Å². The van der Waals surface area contributed by atoms with Crippen LogP contribution in [0.4, 0.5) is 0 Å². The lowest BCUT2D eigenvalue weighted by molar-refractivity contribution is 0.178. The van der Waals surface area contributed by atoms with Crippen LogP contribution in [-0.4, -0.2) is 14.7 Å². The van der Waals surface area contributed by atoms with Crippen molar-refractivity contribution in [2.75, 3.05) is 0 Å². The molecule has 0 spiro atoms. The van der Waals surface area contributed by atoms with Gasteiger partial charge in [0.1, 0.15) is 5.82 Å². The number of nitrogens with zero attached hydrogens (tertiary/aromatic N) is 2. The summed E-state index contributed by atoms with van der Waals surface area (Å²) in [5, 5.41) is 10.1. The number of imidazole rings is 1. The van der Waals surface area contributed by atoms with Gasteiger partial charge in [0.25, 0.3) is 0 Å². The van der Waals surface area contributed by atoms with Crippen molar-refractivity contribution in [3.8, 4) is 0 Å². The molecule has 0 aliphatic carbocycles. The van der Waals surface area contributed by atoms with Crippen LogP contribution < -0.4 is 0 Å². The van der Waals surface area contributed by atoms with Crippen molar-refractivity contribution >= 4 is 27.3 Å². The second-order valence-electron chi connectivity index (χ2n) is 3.90. The molecule has 0 saturated heterocycles. The normalized spacial score (nSPS) is 12.9. The Kier molecular flexibility index (Phi) is 4.36. The fourth-order valence-corrected chi connectivity index (χ4v) is 3.17. The fourth-order valence-electron chi connectivity index (χ4n) is 1.76. The maximum atomic E-state index is 10.1. The molecule has 1 atom stereocenters. The Morgan fingerprint density at radius 1 is 1.53 bits per heavy atom. The molecule has 3 nitrogen and oxygen atoms in total. The minimum absolute atomic E-state index is 0.468. The summed E-state index contributed by atoms with van der Waals surface area (Å²) in [4.78, 5) is 5.28. The molecule has 2 rings (SSSR count). The molecule has 2 heterocycles. The molecule has 92 valence electrons. The van der Waals surface area contributed by atoms with E-state index in [2.05, 4.69) is 32.4 Å². The predicted molar refractivity (Wildman–Crippen MR) is 73.2 cm³/mol. The third kappa shape index (κ3) is 3.18. The van der Waals surface area contributed by atoms with E-state index in [9.17, 15) is 5.11 Å². The van der Waals surface area contributed by atoms with Crippen molar-refractivity contribution < 1.29 is 5.11 Å². The maximum Gasteiger partial charge on any atom is 0.111 e. The van der Waals surface area contributed by atoms with Gasteiger partial charge in [0, 0.05) is 30.2 Å². The zero-order valence-corrected chi connectivity index (χ0v) is 12.0. The first kappa shape index (κ1) is 12.8. The average molecular weight is 315 g/mol. The number of aliphatic hydroxyl groups is 1. The third-order valence-corrected chi connectivity index (χ3v) is 4.29. The molecule has 0 radical (unpaired) electrons. The summed E-state index contributed by atoms with van der Waals surface area (Å²) >= 11 is 4.97. The predicted octanol–water partition coefficient (Wildman–Crippen LogP) is 3.39. The van der Waals surface area contributed by atoms with Crippen LogP contribution in [0.5, 0.6) is 0 Å². The third-order valence-electron chi connectivity index (χ3n) is 2.56. The number of rotatable bonds is 5. The molecular weight excluding hydrogens is 300 g/mol. The summed E-state index contributed by atoms with van der Waals surface area (Å²) < 4.78 is 3.15. The van der Waals surface area contributed by atoms with Crippen molar-refractivity contribution in [3.63, 3.8) is 0 Å². The van der Waals surface area contributed by atoms with Crippen molar-refractivity contribution in [1.82, 2.24) is 9.55 Å². The van der Waals surface area contributed by atoms with Gasteiger partial charge in [-0.2, -0.15) is 0 Å². The molecule has 0 aromatic carbocycles. The maximum absolute atomic E-state index is 10.1. The minimum atomic E-state index is -0.468. The monoisotopic (exact) mass is 314 g/mol. The van der Waals surface area contributed by atoms with Gasteiger partial charge >= 0.3 is 0 Å². The largest absolute Gasteiger partial charge is 0.387 e. The van der Waals surface area contributed by atoms with E-state index in [4.69, 9.17) is 0 Å². The fraction of sp³-hybridized carbons (Fsp3) is 0.417. The van der Waals surface area contributed by atoms with Gasteiger partial charge in [0.15, 0.2) is 0 Å². The Morgan fingerprint density at radius 3 is 3.00 bits per heavy atom. The van der Waals surface area contributed by atoms with Crippen LogP contribution in [0.2, 0.25) is 0 Å². The van der Waals surface area contributed by atoms with E-state index in [-0.39, 0.29) is 0 Å². The molecule has 0 saturated carbocycles. The Hall–Kier alpha value is -0.650. The molecule has 0 fully saturated rings. The summed E-state index contributed by atoms with van der Waals surface area (Å²) in [7, 11) is 0. The molecule has 1 N–H and O–H groups in total. The Bertz CT molecular complexity index is 480. The summed E-state index contributed by atoms with van der Waals surface area (Å²) in [6.07, 6.45) is 4.94. The van der Waals surface area contributed by atoms with E-state index in [1.54, 1.807) is 17.5 Å². The second kappa shape index (κ2) is 5.80. The first-order valence-corrected chi connectivity index (χ1v) is 7.25. The number of halogens is 1. The molecule has 0 aliphatic heterocycles. The van der Waals surface area contributed by atoms with Crippen molar-refractivity contribution in [2.24, 2.45) is 0 Å². The molecule has 2 aromatic rings. The van der Waals surface area contributed by atoms with Gasteiger partial charge in [-0.05, 0) is 34.5 Å². The zero-order chi connectivity index (χ0) is 12.3. The zero-order valence-electron chi connectivity index (χ0n) is 9.64. The van der Waals surface area contributed by atoms with Gasteiger partial charge in [0.05, 0.1) is 9.89 Å². The first-order chi connectivity index (χ1) is 8.20. The molecule has 2 aromatic heterocycles. The molecule has 0 amide bonds. The molecule has 5 heteroatoms. The quantitative estimate of drug-likeness (QED) is 0.918. The van der Waals surface area contributed by atoms with Gasteiger partial charge in [-0.15, -0.1) is 11.3 Å².